The van der Waals surface area contributed by atoms with Crippen molar-refractivity contribution in [3.05, 3.63) is 28.2 Å². The van der Waals surface area contributed by atoms with E-state index in [2.05, 4.69) is 4.90 Å². The van der Waals surface area contributed by atoms with Gasteiger partial charge in [0.15, 0.2) is 0 Å². The van der Waals surface area contributed by atoms with Crippen molar-refractivity contribution in [2.75, 3.05) is 45.3 Å². The summed E-state index contributed by atoms with van der Waals surface area (Å²) in [6.07, 6.45) is 0. The predicted octanol–water partition coefficient (Wildman–Crippen LogP) is 2.96. The van der Waals surface area contributed by atoms with Crippen LogP contribution in [0.3, 0.4) is 0 Å². The zero-order valence-corrected chi connectivity index (χ0v) is 14.3. The molecule has 0 N–H and O–H groups in total. The minimum Gasteiger partial charge on any atom is -0.379 e. The van der Waals surface area contributed by atoms with Crippen molar-refractivity contribution in [1.29, 1.82) is 0 Å². The van der Waals surface area contributed by atoms with E-state index < -0.39 is 0 Å². The molecule has 1 aliphatic heterocycles. The highest BCUT2D eigenvalue weighted by molar-refractivity contribution is 6.42. The van der Waals surface area contributed by atoms with Gasteiger partial charge in [0, 0.05) is 32.9 Å². The second kappa shape index (κ2) is 8.08. The largest absolute Gasteiger partial charge is 0.379 e. The molecule has 1 aromatic rings. The fourth-order valence-electron chi connectivity index (χ4n) is 2.24. The molecule has 1 amide bonds. The van der Waals surface area contributed by atoms with Crippen LogP contribution in [0.2, 0.25) is 10.0 Å². The molecule has 0 radical (unpaired) electrons. The van der Waals surface area contributed by atoms with E-state index in [4.69, 9.17) is 27.9 Å². The zero-order chi connectivity index (χ0) is 14.7. The van der Waals surface area contributed by atoms with Gasteiger partial charge in [-0.05, 0) is 18.2 Å². The molecule has 1 aromatic carbocycles. The lowest BCUT2D eigenvalue weighted by Gasteiger charge is -2.26. The summed E-state index contributed by atoms with van der Waals surface area (Å²) in [5.74, 6) is -0.0843. The standard InChI is InChI=1S/C14H18Cl2N2O2.ClH/c1-17(2)14(19)10-8-18(5-6-20-9-10)11-3-4-12(15)13(16)7-11;/h3-4,7,10H,5-6,8-9H2,1-2H3;1H. The van der Waals surface area contributed by atoms with Gasteiger partial charge in [0.2, 0.25) is 5.91 Å². The normalized spacial score (nSPS) is 18.7. The van der Waals surface area contributed by atoms with Gasteiger partial charge in [0.25, 0.3) is 0 Å². The van der Waals surface area contributed by atoms with Gasteiger partial charge in [-0.15, -0.1) is 12.4 Å². The molecule has 2 rings (SSSR count). The fourth-order valence-corrected chi connectivity index (χ4v) is 2.53. The average molecular weight is 354 g/mol. The Hall–Kier alpha value is -0.680. The quantitative estimate of drug-likeness (QED) is 0.819. The molecule has 4 nitrogen and oxygen atoms in total. The van der Waals surface area contributed by atoms with Gasteiger partial charge >= 0.3 is 0 Å². The fraction of sp³-hybridized carbons (Fsp3) is 0.500. The van der Waals surface area contributed by atoms with Gasteiger partial charge in [0.05, 0.1) is 29.2 Å². The summed E-state index contributed by atoms with van der Waals surface area (Å²) < 4.78 is 5.54. The SMILES string of the molecule is CN(C)C(=O)C1COCCN(c2ccc(Cl)c(Cl)c2)C1.Cl. The van der Waals surface area contributed by atoms with Crippen LogP contribution >= 0.6 is 35.6 Å². The van der Waals surface area contributed by atoms with Crippen LogP contribution in [0, 0.1) is 5.92 Å². The molecule has 1 atom stereocenters. The van der Waals surface area contributed by atoms with E-state index >= 15 is 0 Å². The average Bonchev–Trinajstić information content (AvgIpc) is 2.66. The van der Waals surface area contributed by atoms with E-state index in [1.54, 1.807) is 25.1 Å². The van der Waals surface area contributed by atoms with E-state index in [0.717, 1.165) is 12.2 Å². The van der Waals surface area contributed by atoms with Crippen LogP contribution in [-0.2, 0) is 9.53 Å². The first kappa shape index (κ1) is 18.4. The Labute approximate surface area is 141 Å². The van der Waals surface area contributed by atoms with Crippen LogP contribution in [0.5, 0.6) is 0 Å². The molecule has 118 valence electrons. The van der Waals surface area contributed by atoms with Crippen molar-refractivity contribution in [1.82, 2.24) is 4.90 Å². The third-order valence-electron chi connectivity index (χ3n) is 3.32. The molecule has 0 aromatic heterocycles. The maximum absolute atomic E-state index is 12.1. The first-order valence-corrected chi connectivity index (χ1v) is 7.23. The summed E-state index contributed by atoms with van der Waals surface area (Å²) >= 11 is 12.0. The third-order valence-corrected chi connectivity index (χ3v) is 4.06. The van der Waals surface area contributed by atoms with Crippen LogP contribution < -0.4 is 4.90 Å². The van der Waals surface area contributed by atoms with Crippen LogP contribution in [-0.4, -0.2) is 51.2 Å². The molecule has 0 spiro atoms. The molecule has 1 unspecified atom stereocenters. The van der Waals surface area contributed by atoms with Gasteiger partial charge in [-0.2, -0.15) is 0 Å². The summed E-state index contributed by atoms with van der Waals surface area (Å²) in [5, 5.41) is 1.05. The van der Waals surface area contributed by atoms with E-state index in [9.17, 15) is 4.79 Å². The monoisotopic (exact) mass is 352 g/mol. The number of amides is 1. The lowest BCUT2D eigenvalue weighted by atomic mass is 10.1. The molecular weight excluding hydrogens is 335 g/mol. The van der Waals surface area contributed by atoms with E-state index in [0.29, 0.717) is 29.8 Å². The minimum absolute atomic E-state index is 0. The number of hydrogen-bond acceptors (Lipinski definition) is 3. The Balaban J connectivity index is 0.00000220. The number of anilines is 1. The highest BCUT2D eigenvalue weighted by atomic mass is 35.5. The Morgan fingerprint density at radius 1 is 1.33 bits per heavy atom. The van der Waals surface area contributed by atoms with Gasteiger partial charge in [-0.1, -0.05) is 23.2 Å². The zero-order valence-electron chi connectivity index (χ0n) is 12.0. The lowest BCUT2D eigenvalue weighted by Crippen LogP contribution is -2.39. The number of carbonyl (C=O) groups excluding carboxylic acids is 1. The smallest absolute Gasteiger partial charge is 0.229 e. The number of ether oxygens (including phenoxy) is 1. The van der Waals surface area contributed by atoms with E-state index in [-0.39, 0.29) is 24.2 Å². The van der Waals surface area contributed by atoms with Crippen molar-refractivity contribution in [3.8, 4) is 0 Å². The summed E-state index contributed by atoms with van der Waals surface area (Å²) in [4.78, 5) is 15.8. The summed E-state index contributed by atoms with van der Waals surface area (Å²) in [6, 6.07) is 5.51. The van der Waals surface area contributed by atoms with Crippen molar-refractivity contribution < 1.29 is 9.53 Å². The molecule has 7 heteroatoms. The second-order valence-corrected chi connectivity index (χ2v) is 5.86. The molecule has 0 saturated carbocycles. The second-order valence-electron chi connectivity index (χ2n) is 5.05. The van der Waals surface area contributed by atoms with Crippen molar-refractivity contribution >= 4 is 47.2 Å². The molecule has 21 heavy (non-hydrogen) atoms. The minimum atomic E-state index is -0.165. The number of nitrogens with zero attached hydrogens (tertiary/aromatic N) is 2. The van der Waals surface area contributed by atoms with Crippen molar-refractivity contribution in [2.45, 2.75) is 0 Å². The molecular formula is C14H19Cl3N2O2. The van der Waals surface area contributed by atoms with Crippen molar-refractivity contribution in [2.24, 2.45) is 5.92 Å². The van der Waals surface area contributed by atoms with Gasteiger partial charge in [-0.25, -0.2) is 0 Å². The third kappa shape index (κ3) is 4.65. The predicted molar refractivity (Wildman–Crippen MR) is 88.9 cm³/mol. The Morgan fingerprint density at radius 3 is 2.67 bits per heavy atom. The molecule has 0 aliphatic carbocycles. The maximum atomic E-state index is 12.1. The Kier molecular flexibility index (Phi) is 7.07. The Bertz CT molecular complexity index is 497. The Morgan fingerprint density at radius 2 is 2.05 bits per heavy atom. The van der Waals surface area contributed by atoms with Crippen molar-refractivity contribution in [3.63, 3.8) is 0 Å². The molecule has 1 heterocycles. The van der Waals surface area contributed by atoms with E-state index in [1.807, 2.05) is 12.1 Å². The number of benzene rings is 1. The van der Waals surface area contributed by atoms with Crippen LogP contribution in [0.4, 0.5) is 5.69 Å². The summed E-state index contributed by atoms with van der Waals surface area (Å²) in [5.41, 5.74) is 0.960. The van der Waals surface area contributed by atoms with Gasteiger partial charge < -0.3 is 14.5 Å². The first-order chi connectivity index (χ1) is 9.49. The highest BCUT2D eigenvalue weighted by Crippen LogP contribution is 2.28. The number of rotatable bonds is 2. The number of halogens is 3. The summed E-state index contributed by atoms with van der Waals surface area (Å²) in [7, 11) is 3.52. The molecule has 0 bridgehead atoms. The molecule has 1 saturated heterocycles. The maximum Gasteiger partial charge on any atom is 0.229 e. The van der Waals surface area contributed by atoms with Crippen LogP contribution in [0.1, 0.15) is 0 Å². The molecule has 1 fully saturated rings. The van der Waals surface area contributed by atoms with Gasteiger partial charge in [-0.3, -0.25) is 4.79 Å². The lowest BCUT2D eigenvalue weighted by molar-refractivity contribution is -0.134. The summed E-state index contributed by atoms with van der Waals surface area (Å²) in [6.45, 7) is 2.40. The van der Waals surface area contributed by atoms with Gasteiger partial charge in [0.1, 0.15) is 0 Å². The van der Waals surface area contributed by atoms with E-state index in [1.165, 1.54) is 0 Å². The van der Waals surface area contributed by atoms with Crippen LogP contribution in [0.25, 0.3) is 0 Å². The number of hydrogen-bond donors (Lipinski definition) is 0. The number of carbonyl (C=O) groups is 1. The van der Waals surface area contributed by atoms with Crippen LogP contribution in [0.15, 0.2) is 18.2 Å². The first-order valence-electron chi connectivity index (χ1n) is 6.48. The topological polar surface area (TPSA) is 32.8 Å². The highest BCUT2D eigenvalue weighted by Gasteiger charge is 2.26. The molecule has 1 aliphatic rings.